The van der Waals surface area contributed by atoms with Gasteiger partial charge in [0.1, 0.15) is 0 Å². The van der Waals surface area contributed by atoms with Crippen molar-refractivity contribution >= 4 is 5.97 Å². The highest BCUT2D eigenvalue weighted by Crippen LogP contribution is 2.14. The van der Waals surface area contributed by atoms with E-state index in [9.17, 15) is 4.79 Å². The summed E-state index contributed by atoms with van der Waals surface area (Å²) in [5.74, 6) is -0.267. The number of ether oxygens (including phenoxy) is 1. The summed E-state index contributed by atoms with van der Waals surface area (Å²) in [6, 6.07) is 0. The molecule has 0 aromatic carbocycles. The zero-order chi connectivity index (χ0) is 21.4. The molecule has 0 amide bonds. The van der Waals surface area contributed by atoms with Crippen molar-refractivity contribution in [1.29, 1.82) is 0 Å². The van der Waals surface area contributed by atoms with Crippen molar-refractivity contribution in [2.45, 2.75) is 92.9 Å². The van der Waals surface area contributed by atoms with Gasteiger partial charge in [-0.05, 0) is 92.9 Å². The Hall–Kier alpha value is -1.83. The van der Waals surface area contributed by atoms with Crippen LogP contribution in [0.1, 0.15) is 92.9 Å². The second kappa shape index (κ2) is 16.2. The number of rotatable bonds is 13. The first kappa shape index (κ1) is 26.2. The quantitative estimate of drug-likeness (QED) is 0.182. The van der Waals surface area contributed by atoms with Crippen molar-refractivity contribution in [2.75, 3.05) is 7.11 Å². The smallest absolute Gasteiger partial charge is 0.330 e. The normalized spacial score (nSPS) is 13.5. The van der Waals surface area contributed by atoms with E-state index in [0.717, 1.165) is 50.5 Å². The molecule has 28 heavy (non-hydrogen) atoms. The third kappa shape index (κ3) is 16.4. The van der Waals surface area contributed by atoms with E-state index >= 15 is 0 Å². The molecule has 0 saturated heterocycles. The standard InChI is InChI=1S/C26H42O2/c1-21(2)12-8-13-22(3)14-9-15-23(4)16-10-17-24(5)18-11-19-25(6)20-26(27)28-7/h12,14,16,18,20H,8-11,13,15,17,19H2,1-7H3/b22-14+,23-16+,24-18-,25-20-. The van der Waals surface area contributed by atoms with Crippen molar-refractivity contribution in [3.05, 3.63) is 58.2 Å². The Morgan fingerprint density at radius 2 is 0.964 bits per heavy atom. The molecule has 0 rings (SSSR count). The van der Waals surface area contributed by atoms with Crippen LogP contribution in [-0.4, -0.2) is 13.1 Å². The van der Waals surface area contributed by atoms with Gasteiger partial charge in [0.2, 0.25) is 0 Å². The molecule has 0 aliphatic carbocycles. The molecule has 0 N–H and O–H groups in total. The van der Waals surface area contributed by atoms with Crippen molar-refractivity contribution in [3.8, 4) is 0 Å². The molecule has 0 aliphatic rings. The van der Waals surface area contributed by atoms with Gasteiger partial charge in [-0.25, -0.2) is 4.79 Å². The molecule has 2 nitrogen and oxygen atoms in total. The third-order valence-corrected chi connectivity index (χ3v) is 4.75. The second-order valence-electron chi connectivity index (χ2n) is 8.10. The molecule has 0 fully saturated rings. The van der Waals surface area contributed by atoms with Crippen LogP contribution in [0.2, 0.25) is 0 Å². The van der Waals surface area contributed by atoms with Crippen LogP contribution >= 0.6 is 0 Å². The van der Waals surface area contributed by atoms with Gasteiger partial charge in [0.25, 0.3) is 0 Å². The zero-order valence-corrected chi connectivity index (χ0v) is 19.4. The van der Waals surface area contributed by atoms with E-state index in [1.807, 2.05) is 6.92 Å². The number of esters is 1. The highest BCUT2D eigenvalue weighted by molar-refractivity contribution is 5.82. The highest BCUT2D eigenvalue weighted by Gasteiger charge is 1.97. The lowest BCUT2D eigenvalue weighted by Gasteiger charge is -2.03. The average molecular weight is 387 g/mol. The molecule has 158 valence electrons. The van der Waals surface area contributed by atoms with Crippen LogP contribution in [0.4, 0.5) is 0 Å². The number of allylic oxidation sites excluding steroid dienone is 9. The lowest BCUT2D eigenvalue weighted by atomic mass is 10.0. The molecule has 0 atom stereocenters. The number of carbonyl (C=O) groups is 1. The number of hydrogen-bond donors (Lipinski definition) is 0. The van der Waals surface area contributed by atoms with Crippen LogP contribution in [0.3, 0.4) is 0 Å². The highest BCUT2D eigenvalue weighted by atomic mass is 16.5. The van der Waals surface area contributed by atoms with Gasteiger partial charge < -0.3 is 4.74 Å². The Morgan fingerprint density at radius 3 is 1.32 bits per heavy atom. The minimum Gasteiger partial charge on any atom is -0.466 e. The topological polar surface area (TPSA) is 26.3 Å². The first-order valence-corrected chi connectivity index (χ1v) is 10.6. The van der Waals surface area contributed by atoms with Gasteiger partial charge in [-0.15, -0.1) is 0 Å². The van der Waals surface area contributed by atoms with Crippen LogP contribution < -0.4 is 0 Å². The van der Waals surface area contributed by atoms with Crippen LogP contribution in [0.25, 0.3) is 0 Å². The minimum absolute atomic E-state index is 0.267. The van der Waals surface area contributed by atoms with E-state index in [0.29, 0.717) is 0 Å². The Morgan fingerprint density at radius 1 is 0.607 bits per heavy atom. The van der Waals surface area contributed by atoms with Gasteiger partial charge in [0, 0.05) is 6.08 Å². The Labute approximate surface area is 174 Å². The van der Waals surface area contributed by atoms with E-state index in [1.165, 1.54) is 35.8 Å². The lowest BCUT2D eigenvalue weighted by molar-refractivity contribution is -0.134. The molecule has 0 spiro atoms. The summed E-state index contributed by atoms with van der Waals surface area (Å²) >= 11 is 0. The third-order valence-electron chi connectivity index (χ3n) is 4.75. The fourth-order valence-corrected chi connectivity index (χ4v) is 2.87. The monoisotopic (exact) mass is 386 g/mol. The van der Waals surface area contributed by atoms with Crippen molar-refractivity contribution in [2.24, 2.45) is 0 Å². The molecular formula is C26H42O2. The summed E-state index contributed by atoms with van der Waals surface area (Å²) in [5, 5.41) is 0. The summed E-state index contributed by atoms with van der Waals surface area (Å²) in [5.41, 5.74) is 6.88. The molecular weight excluding hydrogens is 344 g/mol. The molecule has 0 aromatic rings. The van der Waals surface area contributed by atoms with E-state index in [2.05, 4.69) is 63.7 Å². The van der Waals surface area contributed by atoms with Crippen LogP contribution in [0.5, 0.6) is 0 Å². The van der Waals surface area contributed by atoms with Crippen LogP contribution in [0.15, 0.2) is 58.2 Å². The molecule has 2 heteroatoms. The van der Waals surface area contributed by atoms with Gasteiger partial charge in [0.15, 0.2) is 0 Å². The number of carbonyl (C=O) groups excluding carboxylic acids is 1. The molecule has 0 aliphatic heterocycles. The molecule has 0 radical (unpaired) electrons. The van der Waals surface area contributed by atoms with Crippen molar-refractivity contribution in [1.82, 2.24) is 0 Å². The predicted octanol–water partition coefficient (Wildman–Crippen LogP) is 8.03. The maximum atomic E-state index is 11.2. The summed E-state index contributed by atoms with van der Waals surface area (Å²) in [6.45, 7) is 13.0. The molecule has 0 heterocycles. The van der Waals surface area contributed by atoms with Gasteiger partial charge >= 0.3 is 5.97 Å². The number of hydrogen-bond acceptors (Lipinski definition) is 2. The largest absolute Gasteiger partial charge is 0.466 e. The van der Waals surface area contributed by atoms with E-state index in [-0.39, 0.29) is 5.97 Å². The molecule has 0 bridgehead atoms. The van der Waals surface area contributed by atoms with Crippen LogP contribution in [0, 0.1) is 0 Å². The van der Waals surface area contributed by atoms with E-state index in [4.69, 9.17) is 0 Å². The molecule has 0 unspecified atom stereocenters. The summed E-state index contributed by atoms with van der Waals surface area (Å²) in [6.07, 6.45) is 19.7. The SMILES string of the molecule is COC(=O)/C=C(/C)CC/C=C(/C)CC/C=C(\C)CC/C=C(\C)CCC=C(C)C. The Balaban J connectivity index is 4.11. The van der Waals surface area contributed by atoms with Crippen molar-refractivity contribution < 1.29 is 9.53 Å². The molecule has 0 aromatic heterocycles. The van der Waals surface area contributed by atoms with E-state index < -0.39 is 0 Å². The Kier molecular flexibility index (Phi) is 15.1. The summed E-state index contributed by atoms with van der Waals surface area (Å²) in [4.78, 5) is 11.2. The second-order valence-corrected chi connectivity index (χ2v) is 8.10. The maximum Gasteiger partial charge on any atom is 0.330 e. The van der Waals surface area contributed by atoms with Gasteiger partial charge in [-0.1, -0.05) is 52.2 Å². The summed E-state index contributed by atoms with van der Waals surface area (Å²) < 4.78 is 4.65. The summed E-state index contributed by atoms with van der Waals surface area (Å²) in [7, 11) is 1.41. The van der Waals surface area contributed by atoms with E-state index in [1.54, 1.807) is 6.08 Å². The number of methoxy groups -OCH3 is 1. The fourth-order valence-electron chi connectivity index (χ4n) is 2.87. The molecule has 0 saturated carbocycles. The fraction of sp³-hybridized carbons (Fsp3) is 0.577. The first-order valence-electron chi connectivity index (χ1n) is 10.6. The first-order chi connectivity index (χ1) is 13.2. The lowest BCUT2D eigenvalue weighted by Crippen LogP contribution is -1.95. The minimum atomic E-state index is -0.267. The van der Waals surface area contributed by atoms with Crippen molar-refractivity contribution in [3.63, 3.8) is 0 Å². The predicted molar refractivity (Wildman–Crippen MR) is 123 cm³/mol. The van der Waals surface area contributed by atoms with Gasteiger partial charge in [0.05, 0.1) is 7.11 Å². The van der Waals surface area contributed by atoms with Crippen LogP contribution in [-0.2, 0) is 9.53 Å². The maximum absolute atomic E-state index is 11.2. The van der Waals surface area contributed by atoms with Gasteiger partial charge in [-0.3, -0.25) is 0 Å². The van der Waals surface area contributed by atoms with Gasteiger partial charge in [-0.2, -0.15) is 0 Å². The zero-order valence-electron chi connectivity index (χ0n) is 19.4. The Bertz CT molecular complexity index is 608. The average Bonchev–Trinajstić information content (AvgIpc) is 2.61.